The predicted molar refractivity (Wildman–Crippen MR) is 62.0 cm³/mol. The first kappa shape index (κ1) is 9.21. The summed E-state index contributed by atoms with van der Waals surface area (Å²) >= 11 is 2.30. The normalized spacial score (nSPS) is 16.8. The molecule has 2 heterocycles. The fraction of sp³-hybridized carbons (Fsp3) is 0.444. The molecule has 1 aliphatic rings. The van der Waals surface area contributed by atoms with Crippen molar-refractivity contribution in [1.82, 2.24) is 10.3 Å². The lowest BCUT2D eigenvalue weighted by Crippen LogP contribution is -2.51. The number of hydrogen-bond acceptors (Lipinski definition) is 3. The summed E-state index contributed by atoms with van der Waals surface area (Å²) in [5.74, 6) is 0.990. The maximum Gasteiger partial charge on any atom is 0.126 e. The van der Waals surface area contributed by atoms with E-state index in [4.69, 9.17) is 0 Å². The van der Waals surface area contributed by atoms with Crippen LogP contribution in [0.4, 0.5) is 5.82 Å². The number of hydrogen-bond donors (Lipinski definition) is 2. The van der Waals surface area contributed by atoms with Crippen LogP contribution < -0.4 is 10.6 Å². The molecule has 0 amide bonds. The van der Waals surface area contributed by atoms with Gasteiger partial charge < -0.3 is 10.6 Å². The summed E-state index contributed by atoms with van der Waals surface area (Å²) in [4.78, 5) is 4.31. The van der Waals surface area contributed by atoms with Crippen LogP contribution in [0.1, 0.15) is 5.56 Å². The van der Waals surface area contributed by atoms with Gasteiger partial charge in [-0.1, -0.05) is 0 Å². The second-order valence-electron chi connectivity index (χ2n) is 3.32. The number of nitrogens with one attached hydrogen (secondary N) is 2. The molecule has 0 bridgehead atoms. The Labute approximate surface area is 91.5 Å². The van der Waals surface area contributed by atoms with E-state index in [2.05, 4.69) is 51.2 Å². The molecule has 0 spiro atoms. The van der Waals surface area contributed by atoms with Crippen molar-refractivity contribution in [3.8, 4) is 0 Å². The average Bonchev–Trinajstić information content (AvgIpc) is 2.04. The van der Waals surface area contributed by atoms with Gasteiger partial charge in [-0.15, -0.1) is 0 Å². The van der Waals surface area contributed by atoms with Gasteiger partial charge >= 0.3 is 0 Å². The van der Waals surface area contributed by atoms with Crippen LogP contribution in [0.3, 0.4) is 0 Å². The molecule has 1 aromatic rings. The summed E-state index contributed by atoms with van der Waals surface area (Å²) in [5.41, 5.74) is 1.28. The summed E-state index contributed by atoms with van der Waals surface area (Å²) in [6, 6.07) is 2.66. The van der Waals surface area contributed by atoms with E-state index in [1.54, 1.807) is 0 Å². The number of rotatable bonds is 2. The molecule has 0 unspecified atom stereocenters. The largest absolute Gasteiger partial charge is 0.365 e. The molecule has 0 radical (unpaired) electrons. The standard InChI is InChI=1S/C9H12IN3/c1-6-2-9(12-5-8(6)10)13-7-3-11-4-7/h2,5,7,11H,3-4H2,1H3,(H,12,13). The Morgan fingerprint density at radius 1 is 1.62 bits per heavy atom. The quantitative estimate of drug-likeness (QED) is 0.808. The molecule has 2 N–H and O–H groups in total. The van der Waals surface area contributed by atoms with Gasteiger partial charge in [0.15, 0.2) is 0 Å². The average molecular weight is 289 g/mol. The minimum absolute atomic E-state index is 0.562. The lowest BCUT2D eigenvalue weighted by molar-refractivity contribution is 0.471. The number of nitrogens with zero attached hydrogens (tertiary/aromatic N) is 1. The van der Waals surface area contributed by atoms with Gasteiger partial charge in [-0.05, 0) is 41.1 Å². The first-order chi connectivity index (χ1) is 6.25. The van der Waals surface area contributed by atoms with Crippen molar-refractivity contribution in [3.63, 3.8) is 0 Å². The summed E-state index contributed by atoms with van der Waals surface area (Å²) in [5, 5.41) is 6.59. The van der Waals surface area contributed by atoms with Crippen molar-refractivity contribution in [2.75, 3.05) is 18.4 Å². The smallest absolute Gasteiger partial charge is 0.126 e. The summed E-state index contributed by atoms with van der Waals surface area (Å²) in [6.45, 7) is 4.20. The van der Waals surface area contributed by atoms with Crippen LogP contribution >= 0.6 is 22.6 Å². The van der Waals surface area contributed by atoms with Gasteiger partial charge in [0.2, 0.25) is 0 Å². The maximum absolute atomic E-state index is 4.31. The SMILES string of the molecule is Cc1cc(NC2CNC2)ncc1I. The van der Waals surface area contributed by atoms with Gasteiger partial charge in [-0.3, -0.25) is 0 Å². The lowest BCUT2D eigenvalue weighted by atomic mass is 10.2. The second kappa shape index (κ2) is 3.79. The maximum atomic E-state index is 4.31. The van der Waals surface area contributed by atoms with Crippen molar-refractivity contribution >= 4 is 28.4 Å². The summed E-state index contributed by atoms with van der Waals surface area (Å²) < 4.78 is 1.22. The van der Waals surface area contributed by atoms with Crippen LogP contribution in [0, 0.1) is 10.5 Å². The minimum atomic E-state index is 0.562. The molecule has 0 aromatic carbocycles. The van der Waals surface area contributed by atoms with Crippen molar-refractivity contribution in [1.29, 1.82) is 0 Å². The highest BCUT2D eigenvalue weighted by molar-refractivity contribution is 14.1. The second-order valence-corrected chi connectivity index (χ2v) is 4.48. The van der Waals surface area contributed by atoms with Crippen molar-refractivity contribution < 1.29 is 0 Å². The molecule has 2 rings (SSSR count). The van der Waals surface area contributed by atoms with Crippen molar-refractivity contribution in [2.24, 2.45) is 0 Å². The van der Waals surface area contributed by atoms with Crippen LogP contribution in [-0.4, -0.2) is 24.1 Å². The molecule has 0 saturated carbocycles. The minimum Gasteiger partial charge on any atom is -0.365 e. The van der Waals surface area contributed by atoms with E-state index in [0.29, 0.717) is 6.04 Å². The molecule has 0 atom stereocenters. The predicted octanol–water partition coefficient (Wildman–Crippen LogP) is 1.38. The topological polar surface area (TPSA) is 37.0 Å². The van der Waals surface area contributed by atoms with E-state index >= 15 is 0 Å². The van der Waals surface area contributed by atoms with E-state index in [-0.39, 0.29) is 0 Å². The van der Waals surface area contributed by atoms with Gasteiger partial charge in [-0.2, -0.15) is 0 Å². The number of anilines is 1. The van der Waals surface area contributed by atoms with Crippen LogP contribution in [0.15, 0.2) is 12.3 Å². The molecule has 1 fully saturated rings. The van der Waals surface area contributed by atoms with E-state index in [0.717, 1.165) is 18.9 Å². The van der Waals surface area contributed by atoms with Gasteiger partial charge in [0.25, 0.3) is 0 Å². The highest BCUT2D eigenvalue weighted by Crippen LogP contribution is 2.14. The molecule has 1 aromatic heterocycles. The zero-order valence-corrected chi connectivity index (χ0v) is 9.63. The Kier molecular flexibility index (Phi) is 2.69. The fourth-order valence-electron chi connectivity index (χ4n) is 1.22. The zero-order chi connectivity index (χ0) is 9.26. The number of aromatic nitrogens is 1. The van der Waals surface area contributed by atoms with E-state index in [9.17, 15) is 0 Å². The molecule has 4 heteroatoms. The zero-order valence-electron chi connectivity index (χ0n) is 7.47. The third-order valence-electron chi connectivity index (χ3n) is 2.18. The monoisotopic (exact) mass is 289 g/mol. The number of pyridine rings is 1. The van der Waals surface area contributed by atoms with Crippen LogP contribution in [0.2, 0.25) is 0 Å². The van der Waals surface area contributed by atoms with Crippen molar-refractivity contribution in [3.05, 3.63) is 21.4 Å². The third-order valence-corrected chi connectivity index (χ3v) is 3.31. The third kappa shape index (κ3) is 2.11. The Bertz CT molecular complexity index is 310. The molecule has 0 aliphatic carbocycles. The van der Waals surface area contributed by atoms with Crippen LogP contribution in [0.5, 0.6) is 0 Å². The fourth-order valence-corrected chi connectivity index (χ4v) is 1.51. The molecule has 13 heavy (non-hydrogen) atoms. The van der Waals surface area contributed by atoms with Gasteiger partial charge in [-0.25, -0.2) is 4.98 Å². The highest BCUT2D eigenvalue weighted by Gasteiger charge is 2.16. The Morgan fingerprint density at radius 2 is 2.38 bits per heavy atom. The van der Waals surface area contributed by atoms with E-state index < -0.39 is 0 Å². The molecule has 70 valence electrons. The summed E-state index contributed by atoms with van der Waals surface area (Å²) in [6.07, 6.45) is 1.91. The lowest BCUT2D eigenvalue weighted by Gasteiger charge is -2.28. The Morgan fingerprint density at radius 3 is 2.92 bits per heavy atom. The highest BCUT2D eigenvalue weighted by atomic mass is 127. The van der Waals surface area contributed by atoms with E-state index in [1.165, 1.54) is 9.13 Å². The van der Waals surface area contributed by atoms with Gasteiger partial charge in [0.05, 0.1) is 6.04 Å². The van der Waals surface area contributed by atoms with E-state index in [1.807, 2.05) is 6.20 Å². The molecule has 1 saturated heterocycles. The van der Waals surface area contributed by atoms with Gasteiger partial charge in [0, 0.05) is 22.9 Å². The first-order valence-electron chi connectivity index (χ1n) is 4.35. The first-order valence-corrected chi connectivity index (χ1v) is 5.43. The number of aryl methyl sites for hydroxylation is 1. The Balaban J connectivity index is 2.07. The summed E-state index contributed by atoms with van der Waals surface area (Å²) in [7, 11) is 0. The van der Waals surface area contributed by atoms with Crippen LogP contribution in [0.25, 0.3) is 0 Å². The molecular weight excluding hydrogens is 277 g/mol. The molecule has 1 aliphatic heterocycles. The number of halogens is 1. The molecule has 3 nitrogen and oxygen atoms in total. The van der Waals surface area contributed by atoms with Crippen molar-refractivity contribution in [2.45, 2.75) is 13.0 Å². The molecular formula is C9H12IN3. The Hall–Kier alpha value is -0.360. The van der Waals surface area contributed by atoms with Gasteiger partial charge in [0.1, 0.15) is 5.82 Å². The van der Waals surface area contributed by atoms with Crippen LogP contribution in [-0.2, 0) is 0 Å².